The standard InChI is InChI=1S/C16H18O3/c1-3-17-13-9-5-7-11-15(13)19-16-12-8-6-10-14(16)18-4-2/h5-12H,3-4H2,1-2H3. The second kappa shape index (κ2) is 6.69. The maximum atomic E-state index is 5.90. The summed E-state index contributed by atoms with van der Waals surface area (Å²) in [7, 11) is 0. The van der Waals surface area contributed by atoms with Crippen LogP contribution in [0.2, 0.25) is 0 Å². The molecule has 0 aromatic heterocycles. The molecule has 0 aliphatic carbocycles. The van der Waals surface area contributed by atoms with Gasteiger partial charge in [-0.2, -0.15) is 0 Å². The van der Waals surface area contributed by atoms with Crippen molar-refractivity contribution in [3.05, 3.63) is 48.5 Å². The van der Waals surface area contributed by atoms with Gasteiger partial charge in [0.05, 0.1) is 13.2 Å². The Morgan fingerprint density at radius 2 is 1.00 bits per heavy atom. The van der Waals surface area contributed by atoms with Gasteiger partial charge in [0.2, 0.25) is 0 Å². The summed E-state index contributed by atoms with van der Waals surface area (Å²) in [6.45, 7) is 5.11. The molecule has 0 N–H and O–H groups in total. The first-order chi connectivity index (χ1) is 9.35. The zero-order chi connectivity index (χ0) is 13.5. The van der Waals surface area contributed by atoms with Crippen LogP contribution in [0.5, 0.6) is 23.0 Å². The van der Waals surface area contributed by atoms with Gasteiger partial charge in [-0.25, -0.2) is 0 Å². The van der Waals surface area contributed by atoms with E-state index in [2.05, 4.69) is 0 Å². The summed E-state index contributed by atoms with van der Waals surface area (Å²) >= 11 is 0. The summed E-state index contributed by atoms with van der Waals surface area (Å²) in [4.78, 5) is 0. The molecule has 100 valence electrons. The maximum absolute atomic E-state index is 5.90. The van der Waals surface area contributed by atoms with Crippen LogP contribution in [0.1, 0.15) is 13.8 Å². The van der Waals surface area contributed by atoms with Crippen LogP contribution in [0.4, 0.5) is 0 Å². The van der Waals surface area contributed by atoms with E-state index < -0.39 is 0 Å². The van der Waals surface area contributed by atoms with Crippen LogP contribution >= 0.6 is 0 Å². The zero-order valence-electron chi connectivity index (χ0n) is 11.3. The third kappa shape index (κ3) is 3.41. The van der Waals surface area contributed by atoms with Gasteiger partial charge in [0, 0.05) is 0 Å². The second-order valence-electron chi connectivity index (χ2n) is 3.86. The topological polar surface area (TPSA) is 27.7 Å². The highest BCUT2D eigenvalue weighted by Gasteiger charge is 2.08. The van der Waals surface area contributed by atoms with Crippen molar-refractivity contribution in [1.29, 1.82) is 0 Å². The smallest absolute Gasteiger partial charge is 0.169 e. The molecule has 0 fully saturated rings. The van der Waals surface area contributed by atoms with Crippen LogP contribution < -0.4 is 14.2 Å². The second-order valence-corrected chi connectivity index (χ2v) is 3.86. The lowest BCUT2D eigenvalue weighted by atomic mass is 10.3. The number of benzene rings is 2. The van der Waals surface area contributed by atoms with E-state index in [1.165, 1.54) is 0 Å². The number of hydrogen-bond donors (Lipinski definition) is 0. The summed E-state index contributed by atoms with van der Waals surface area (Å²) < 4.78 is 17.0. The van der Waals surface area contributed by atoms with Gasteiger partial charge in [0.15, 0.2) is 23.0 Å². The Balaban J connectivity index is 2.25. The Morgan fingerprint density at radius 3 is 1.37 bits per heavy atom. The molecular formula is C16H18O3. The minimum absolute atomic E-state index is 0.605. The van der Waals surface area contributed by atoms with Crippen molar-refractivity contribution in [2.45, 2.75) is 13.8 Å². The number of hydrogen-bond acceptors (Lipinski definition) is 3. The Hall–Kier alpha value is -2.16. The van der Waals surface area contributed by atoms with E-state index in [1.54, 1.807) is 0 Å². The predicted molar refractivity (Wildman–Crippen MR) is 75.3 cm³/mol. The quantitative estimate of drug-likeness (QED) is 0.774. The molecule has 2 aromatic rings. The van der Waals surface area contributed by atoms with Gasteiger partial charge >= 0.3 is 0 Å². The minimum Gasteiger partial charge on any atom is -0.490 e. The van der Waals surface area contributed by atoms with E-state index in [1.807, 2.05) is 62.4 Å². The van der Waals surface area contributed by atoms with Gasteiger partial charge in [-0.3, -0.25) is 0 Å². The van der Waals surface area contributed by atoms with E-state index >= 15 is 0 Å². The van der Waals surface area contributed by atoms with Crippen molar-refractivity contribution in [2.24, 2.45) is 0 Å². The lowest BCUT2D eigenvalue weighted by Gasteiger charge is -2.14. The summed E-state index contributed by atoms with van der Waals surface area (Å²) in [6, 6.07) is 15.2. The van der Waals surface area contributed by atoms with E-state index in [9.17, 15) is 0 Å². The predicted octanol–water partition coefficient (Wildman–Crippen LogP) is 4.28. The van der Waals surface area contributed by atoms with Crippen LogP contribution in [-0.2, 0) is 0 Å². The molecule has 0 unspecified atom stereocenters. The lowest BCUT2D eigenvalue weighted by Crippen LogP contribution is -1.97. The van der Waals surface area contributed by atoms with Crippen molar-refractivity contribution < 1.29 is 14.2 Å². The first kappa shape index (κ1) is 13.3. The molecule has 3 heteroatoms. The summed E-state index contributed by atoms with van der Waals surface area (Å²) in [5.41, 5.74) is 0. The molecule has 0 heterocycles. The molecule has 3 nitrogen and oxygen atoms in total. The molecule has 0 aliphatic rings. The average molecular weight is 258 g/mol. The highest BCUT2D eigenvalue weighted by molar-refractivity contribution is 5.47. The summed E-state index contributed by atoms with van der Waals surface area (Å²) in [5, 5.41) is 0. The Kier molecular flexibility index (Phi) is 4.67. The Bertz CT molecular complexity index is 475. The molecule has 0 spiro atoms. The van der Waals surface area contributed by atoms with Crippen LogP contribution in [0.25, 0.3) is 0 Å². The van der Waals surface area contributed by atoms with Gasteiger partial charge < -0.3 is 14.2 Å². The van der Waals surface area contributed by atoms with Crippen molar-refractivity contribution in [1.82, 2.24) is 0 Å². The molecule has 0 amide bonds. The van der Waals surface area contributed by atoms with Crippen LogP contribution in [0, 0.1) is 0 Å². The molecule has 19 heavy (non-hydrogen) atoms. The Labute approximate surface area is 113 Å². The van der Waals surface area contributed by atoms with Crippen molar-refractivity contribution >= 4 is 0 Å². The number of ether oxygens (including phenoxy) is 3. The van der Waals surface area contributed by atoms with Crippen LogP contribution in [0.15, 0.2) is 48.5 Å². The van der Waals surface area contributed by atoms with E-state index in [-0.39, 0.29) is 0 Å². The van der Waals surface area contributed by atoms with Gasteiger partial charge in [-0.05, 0) is 38.1 Å². The Morgan fingerprint density at radius 1 is 0.632 bits per heavy atom. The third-order valence-corrected chi connectivity index (χ3v) is 2.52. The molecule has 0 saturated heterocycles. The summed E-state index contributed by atoms with van der Waals surface area (Å²) in [6.07, 6.45) is 0. The van der Waals surface area contributed by atoms with Gasteiger partial charge in [-0.1, -0.05) is 24.3 Å². The fraction of sp³-hybridized carbons (Fsp3) is 0.250. The lowest BCUT2D eigenvalue weighted by molar-refractivity contribution is 0.305. The molecule has 0 saturated carbocycles. The van der Waals surface area contributed by atoms with Crippen LogP contribution in [0.3, 0.4) is 0 Å². The normalized spacial score (nSPS) is 10.0. The molecular weight excluding hydrogens is 240 g/mol. The number of para-hydroxylation sites is 4. The monoisotopic (exact) mass is 258 g/mol. The van der Waals surface area contributed by atoms with Gasteiger partial charge in [-0.15, -0.1) is 0 Å². The first-order valence-corrected chi connectivity index (χ1v) is 6.46. The molecule has 0 radical (unpaired) electrons. The SMILES string of the molecule is CCOc1ccccc1Oc1ccccc1OCC. The minimum atomic E-state index is 0.605. The van der Waals surface area contributed by atoms with Gasteiger partial charge in [0.1, 0.15) is 0 Å². The van der Waals surface area contributed by atoms with E-state index in [0.717, 1.165) is 11.5 Å². The van der Waals surface area contributed by atoms with Crippen LogP contribution in [-0.4, -0.2) is 13.2 Å². The molecule has 2 aromatic carbocycles. The van der Waals surface area contributed by atoms with Crippen molar-refractivity contribution in [3.8, 4) is 23.0 Å². The highest BCUT2D eigenvalue weighted by Crippen LogP contribution is 2.35. The highest BCUT2D eigenvalue weighted by atomic mass is 16.5. The third-order valence-electron chi connectivity index (χ3n) is 2.52. The fourth-order valence-corrected chi connectivity index (χ4v) is 1.74. The largest absolute Gasteiger partial charge is 0.490 e. The molecule has 0 atom stereocenters. The zero-order valence-corrected chi connectivity index (χ0v) is 11.3. The van der Waals surface area contributed by atoms with Crippen molar-refractivity contribution in [3.63, 3.8) is 0 Å². The van der Waals surface area contributed by atoms with Gasteiger partial charge in [0.25, 0.3) is 0 Å². The first-order valence-electron chi connectivity index (χ1n) is 6.46. The summed E-state index contributed by atoms with van der Waals surface area (Å²) in [5.74, 6) is 2.85. The molecule has 2 rings (SSSR count). The maximum Gasteiger partial charge on any atom is 0.169 e. The van der Waals surface area contributed by atoms with E-state index in [0.29, 0.717) is 24.7 Å². The molecule has 0 bridgehead atoms. The average Bonchev–Trinajstić information content (AvgIpc) is 2.44. The number of rotatable bonds is 6. The van der Waals surface area contributed by atoms with Crippen molar-refractivity contribution in [2.75, 3.05) is 13.2 Å². The van der Waals surface area contributed by atoms with E-state index in [4.69, 9.17) is 14.2 Å². The molecule has 0 aliphatic heterocycles. The fourth-order valence-electron chi connectivity index (χ4n) is 1.74.